The Morgan fingerprint density at radius 1 is 1.15 bits per heavy atom. The van der Waals surface area contributed by atoms with E-state index in [1.807, 2.05) is 41.2 Å². The van der Waals surface area contributed by atoms with Crippen LogP contribution in [0.3, 0.4) is 0 Å². The third-order valence-electron chi connectivity index (χ3n) is 3.83. The molecular formula is C19H20N4O3. The highest BCUT2D eigenvalue weighted by atomic mass is 16.3. The standard InChI is InChI=1S/C19H20N4O3/c1-14(22-19(25)17-8-5-9-26-17)18(24)20-10-16-11-21-23(13-16)12-15-6-3-2-4-7-15/h2-9,11,13-14H,10,12H2,1H3,(H,20,24)(H,22,25). The van der Waals surface area contributed by atoms with Crippen LogP contribution in [-0.4, -0.2) is 27.6 Å². The van der Waals surface area contributed by atoms with E-state index in [0.29, 0.717) is 13.1 Å². The van der Waals surface area contributed by atoms with Crippen molar-refractivity contribution >= 4 is 11.8 Å². The van der Waals surface area contributed by atoms with Gasteiger partial charge in [0.15, 0.2) is 5.76 Å². The van der Waals surface area contributed by atoms with E-state index in [-0.39, 0.29) is 11.7 Å². The summed E-state index contributed by atoms with van der Waals surface area (Å²) in [6.07, 6.45) is 5.02. The number of carbonyl (C=O) groups excluding carboxylic acids is 2. The average molecular weight is 352 g/mol. The highest BCUT2D eigenvalue weighted by molar-refractivity contribution is 5.95. The van der Waals surface area contributed by atoms with Crippen LogP contribution in [0.15, 0.2) is 65.5 Å². The van der Waals surface area contributed by atoms with E-state index in [1.54, 1.807) is 25.3 Å². The van der Waals surface area contributed by atoms with Gasteiger partial charge in [-0.05, 0) is 24.6 Å². The van der Waals surface area contributed by atoms with Crippen LogP contribution in [0.2, 0.25) is 0 Å². The molecule has 0 aliphatic heterocycles. The first kappa shape index (κ1) is 17.5. The van der Waals surface area contributed by atoms with Gasteiger partial charge < -0.3 is 15.1 Å². The van der Waals surface area contributed by atoms with Gasteiger partial charge in [0, 0.05) is 18.3 Å². The minimum absolute atomic E-state index is 0.173. The molecule has 134 valence electrons. The zero-order valence-corrected chi connectivity index (χ0v) is 14.4. The zero-order chi connectivity index (χ0) is 18.4. The number of nitrogens with one attached hydrogen (secondary N) is 2. The van der Waals surface area contributed by atoms with E-state index < -0.39 is 11.9 Å². The van der Waals surface area contributed by atoms with Crippen LogP contribution in [0.25, 0.3) is 0 Å². The molecule has 0 fully saturated rings. The van der Waals surface area contributed by atoms with E-state index >= 15 is 0 Å². The van der Waals surface area contributed by atoms with Gasteiger partial charge in [0.05, 0.1) is 19.0 Å². The Bertz CT molecular complexity index is 856. The SMILES string of the molecule is CC(NC(=O)c1ccco1)C(=O)NCc1cnn(Cc2ccccc2)c1. The molecule has 2 N–H and O–H groups in total. The first-order valence-corrected chi connectivity index (χ1v) is 8.29. The highest BCUT2D eigenvalue weighted by Crippen LogP contribution is 2.04. The summed E-state index contributed by atoms with van der Waals surface area (Å²) in [5.41, 5.74) is 2.04. The second-order valence-corrected chi connectivity index (χ2v) is 5.92. The maximum absolute atomic E-state index is 12.1. The average Bonchev–Trinajstić information content (AvgIpc) is 3.32. The van der Waals surface area contributed by atoms with Gasteiger partial charge in [0.25, 0.3) is 5.91 Å². The lowest BCUT2D eigenvalue weighted by atomic mass is 10.2. The molecule has 3 rings (SSSR count). The van der Waals surface area contributed by atoms with Crippen molar-refractivity contribution in [2.24, 2.45) is 0 Å². The quantitative estimate of drug-likeness (QED) is 0.680. The third-order valence-corrected chi connectivity index (χ3v) is 3.83. The van der Waals surface area contributed by atoms with Gasteiger partial charge >= 0.3 is 0 Å². The molecule has 1 unspecified atom stereocenters. The first-order chi connectivity index (χ1) is 12.6. The van der Waals surface area contributed by atoms with Gasteiger partial charge in [-0.2, -0.15) is 5.10 Å². The van der Waals surface area contributed by atoms with E-state index in [9.17, 15) is 9.59 Å². The van der Waals surface area contributed by atoms with Crippen LogP contribution in [0.4, 0.5) is 0 Å². The minimum Gasteiger partial charge on any atom is -0.459 e. The molecule has 7 nitrogen and oxygen atoms in total. The molecule has 1 atom stereocenters. The van der Waals surface area contributed by atoms with Crippen molar-refractivity contribution < 1.29 is 14.0 Å². The number of carbonyl (C=O) groups is 2. The smallest absolute Gasteiger partial charge is 0.287 e. The fourth-order valence-electron chi connectivity index (χ4n) is 2.44. The molecule has 2 aromatic heterocycles. The monoisotopic (exact) mass is 352 g/mol. The molecular weight excluding hydrogens is 332 g/mol. The van der Waals surface area contributed by atoms with Crippen molar-refractivity contribution in [3.05, 3.63) is 78.0 Å². The van der Waals surface area contributed by atoms with Crippen LogP contribution < -0.4 is 10.6 Å². The first-order valence-electron chi connectivity index (χ1n) is 8.29. The van der Waals surface area contributed by atoms with Gasteiger partial charge in [-0.3, -0.25) is 14.3 Å². The Hall–Kier alpha value is -3.35. The summed E-state index contributed by atoms with van der Waals surface area (Å²) in [6.45, 7) is 2.63. The van der Waals surface area contributed by atoms with Crippen LogP contribution >= 0.6 is 0 Å². The van der Waals surface area contributed by atoms with Crippen molar-refractivity contribution in [3.63, 3.8) is 0 Å². The molecule has 0 aliphatic rings. The minimum atomic E-state index is -0.674. The molecule has 0 bridgehead atoms. The Kier molecular flexibility index (Phi) is 5.48. The van der Waals surface area contributed by atoms with E-state index in [0.717, 1.165) is 11.1 Å². The molecule has 26 heavy (non-hydrogen) atoms. The molecule has 0 spiro atoms. The maximum Gasteiger partial charge on any atom is 0.287 e. The lowest BCUT2D eigenvalue weighted by Crippen LogP contribution is -2.44. The number of rotatable bonds is 7. The number of amides is 2. The predicted octanol–water partition coefficient (Wildman–Crippen LogP) is 1.96. The predicted molar refractivity (Wildman–Crippen MR) is 95.3 cm³/mol. The molecule has 0 radical (unpaired) electrons. The Morgan fingerprint density at radius 2 is 1.96 bits per heavy atom. The Labute approximate surface area is 151 Å². The summed E-state index contributed by atoms with van der Waals surface area (Å²) in [4.78, 5) is 24.0. The number of benzene rings is 1. The van der Waals surface area contributed by atoms with Crippen molar-refractivity contribution in [1.82, 2.24) is 20.4 Å². The van der Waals surface area contributed by atoms with E-state index in [4.69, 9.17) is 4.42 Å². The van der Waals surface area contributed by atoms with Gasteiger partial charge in [-0.15, -0.1) is 0 Å². The molecule has 0 saturated carbocycles. The Balaban J connectivity index is 1.47. The summed E-state index contributed by atoms with van der Waals surface area (Å²) in [5, 5.41) is 9.68. The van der Waals surface area contributed by atoms with Crippen LogP contribution in [-0.2, 0) is 17.9 Å². The van der Waals surface area contributed by atoms with E-state index in [2.05, 4.69) is 15.7 Å². The summed E-state index contributed by atoms with van der Waals surface area (Å²) >= 11 is 0. The summed E-state index contributed by atoms with van der Waals surface area (Å²) in [6, 6.07) is 12.5. The topological polar surface area (TPSA) is 89.2 Å². The summed E-state index contributed by atoms with van der Waals surface area (Å²) in [7, 11) is 0. The van der Waals surface area contributed by atoms with Crippen molar-refractivity contribution in [2.75, 3.05) is 0 Å². The van der Waals surface area contributed by atoms with Gasteiger partial charge in [-0.1, -0.05) is 30.3 Å². The zero-order valence-electron chi connectivity index (χ0n) is 14.4. The number of nitrogens with zero attached hydrogens (tertiary/aromatic N) is 2. The summed E-state index contributed by atoms with van der Waals surface area (Å²) < 4.78 is 6.82. The molecule has 2 heterocycles. The van der Waals surface area contributed by atoms with Crippen molar-refractivity contribution in [2.45, 2.75) is 26.1 Å². The molecule has 0 aliphatic carbocycles. The van der Waals surface area contributed by atoms with Gasteiger partial charge in [-0.25, -0.2) is 0 Å². The summed E-state index contributed by atoms with van der Waals surface area (Å²) in [5.74, 6) is -0.527. The van der Waals surface area contributed by atoms with E-state index in [1.165, 1.54) is 6.26 Å². The fraction of sp³-hybridized carbons (Fsp3) is 0.211. The number of hydrogen-bond donors (Lipinski definition) is 2. The number of hydrogen-bond acceptors (Lipinski definition) is 4. The maximum atomic E-state index is 12.1. The normalized spacial score (nSPS) is 11.7. The van der Waals surface area contributed by atoms with Crippen molar-refractivity contribution in [3.8, 4) is 0 Å². The molecule has 1 aromatic carbocycles. The van der Waals surface area contributed by atoms with Crippen LogP contribution in [0.5, 0.6) is 0 Å². The second kappa shape index (κ2) is 8.15. The lowest BCUT2D eigenvalue weighted by molar-refractivity contribution is -0.122. The second-order valence-electron chi connectivity index (χ2n) is 5.92. The van der Waals surface area contributed by atoms with Gasteiger partial charge in [0.1, 0.15) is 6.04 Å². The number of aromatic nitrogens is 2. The fourth-order valence-corrected chi connectivity index (χ4v) is 2.44. The lowest BCUT2D eigenvalue weighted by Gasteiger charge is -2.12. The Morgan fingerprint density at radius 3 is 2.69 bits per heavy atom. The van der Waals surface area contributed by atoms with Crippen LogP contribution in [0.1, 0.15) is 28.6 Å². The highest BCUT2D eigenvalue weighted by Gasteiger charge is 2.17. The largest absolute Gasteiger partial charge is 0.459 e. The number of furan rings is 1. The third kappa shape index (κ3) is 4.60. The molecule has 0 saturated heterocycles. The van der Waals surface area contributed by atoms with Gasteiger partial charge in [0.2, 0.25) is 5.91 Å². The van der Waals surface area contributed by atoms with Crippen molar-refractivity contribution in [1.29, 1.82) is 0 Å². The molecule has 7 heteroatoms. The van der Waals surface area contributed by atoms with Crippen LogP contribution in [0, 0.1) is 0 Å². The molecule has 2 amide bonds. The molecule has 3 aromatic rings.